The van der Waals surface area contributed by atoms with Crippen molar-refractivity contribution < 1.29 is 0 Å². The van der Waals surface area contributed by atoms with Crippen molar-refractivity contribution in [2.75, 3.05) is 5.73 Å². The molecule has 88 valence electrons. The third kappa shape index (κ3) is 3.53. The lowest BCUT2D eigenvalue weighted by Gasteiger charge is -2.11. The summed E-state index contributed by atoms with van der Waals surface area (Å²) in [7, 11) is 0. The highest BCUT2D eigenvalue weighted by atomic mass is 14.8. The molecular formula is C13H16N4. The van der Waals surface area contributed by atoms with Crippen LogP contribution < -0.4 is 11.5 Å². The fraction of sp³-hybridized carbons (Fsp3) is 0.231. The summed E-state index contributed by atoms with van der Waals surface area (Å²) in [5.74, 6) is 0.540. The van der Waals surface area contributed by atoms with Gasteiger partial charge in [0.05, 0.1) is 0 Å². The number of nitrogen functional groups attached to an aromatic ring is 1. The molecule has 0 spiro atoms. The van der Waals surface area contributed by atoms with Gasteiger partial charge in [-0.15, -0.1) is 0 Å². The summed E-state index contributed by atoms with van der Waals surface area (Å²) < 4.78 is 0. The summed E-state index contributed by atoms with van der Waals surface area (Å²) >= 11 is 0. The molecule has 0 aliphatic carbocycles. The van der Waals surface area contributed by atoms with Crippen LogP contribution in [0.25, 0.3) is 0 Å². The van der Waals surface area contributed by atoms with Crippen LogP contribution in [-0.4, -0.2) is 16.0 Å². The molecule has 0 amide bonds. The first-order valence-electron chi connectivity index (χ1n) is 5.59. The molecule has 0 saturated heterocycles. The third-order valence-corrected chi connectivity index (χ3v) is 2.59. The van der Waals surface area contributed by atoms with Crippen molar-refractivity contribution in [1.29, 1.82) is 0 Å². The maximum Gasteiger partial charge on any atom is 0.123 e. The highest BCUT2D eigenvalue weighted by Gasteiger charge is 2.05. The third-order valence-electron chi connectivity index (χ3n) is 2.59. The van der Waals surface area contributed by atoms with Crippen LogP contribution >= 0.6 is 0 Å². The molecule has 2 heterocycles. The van der Waals surface area contributed by atoms with Crippen LogP contribution in [0.5, 0.6) is 0 Å². The number of anilines is 1. The molecule has 4 nitrogen and oxygen atoms in total. The van der Waals surface area contributed by atoms with Crippen molar-refractivity contribution in [3.63, 3.8) is 0 Å². The molecule has 1 unspecified atom stereocenters. The second-order valence-electron chi connectivity index (χ2n) is 4.11. The molecule has 0 bridgehead atoms. The normalized spacial score (nSPS) is 12.3. The van der Waals surface area contributed by atoms with Gasteiger partial charge in [0.25, 0.3) is 0 Å². The molecule has 0 aliphatic rings. The van der Waals surface area contributed by atoms with Gasteiger partial charge < -0.3 is 11.5 Å². The minimum atomic E-state index is 0.0826. The van der Waals surface area contributed by atoms with E-state index in [1.54, 1.807) is 18.6 Å². The Morgan fingerprint density at radius 2 is 1.65 bits per heavy atom. The van der Waals surface area contributed by atoms with Gasteiger partial charge in [0.2, 0.25) is 0 Å². The fourth-order valence-electron chi connectivity index (χ4n) is 1.82. The van der Waals surface area contributed by atoms with Crippen molar-refractivity contribution in [2.45, 2.75) is 18.9 Å². The molecule has 2 aromatic heterocycles. The Bertz CT molecular complexity index is 470. The zero-order valence-corrected chi connectivity index (χ0v) is 9.58. The summed E-state index contributed by atoms with van der Waals surface area (Å²) in [6, 6.07) is 7.87. The number of rotatable bonds is 4. The molecule has 4 heteroatoms. The average Bonchev–Trinajstić information content (AvgIpc) is 2.30. The van der Waals surface area contributed by atoms with Crippen molar-refractivity contribution in [2.24, 2.45) is 5.73 Å². The van der Waals surface area contributed by atoms with Gasteiger partial charge >= 0.3 is 0 Å². The van der Waals surface area contributed by atoms with Crippen molar-refractivity contribution >= 4 is 5.82 Å². The molecule has 0 fully saturated rings. The van der Waals surface area contributed by atoms with Gasteiger partial charge in [0.1, 0.15) is 5.82 Å². The van der Waals surface area contributed by atoms with E-state index in [4.69, 9.17) is 11.5 Å². The van der Waals surface area contributed by atoms with E-state index >= 15 is 0 Å². The minimum Gasteiger partial charge on any atom is -0.384 e. The SMILES string of the molecule is Nc1cc(CC(N)Cc2ccncc2)ccn1. The number of hydrogen-bond acceptors (Lipinski definition) is 4. The molecule has 0 aliphatic heterocycles. The lowest BCUT2D eigenvalue weighted by atomic mass is 10.0. The van der Waals surface area contributed by atoms with E-state index in [1.165, 1.54) is 5.56 Å². The summed E-state index contributed by atoms with van der Waals surface area (Å²) in [4.78, 5) is 7.94. The number of hydrogen-bond donors (Lipinski definition) is 2. The highest BCUT2D eigenvalue weighted by molar-refractivity contribution is 5.32. The monoisotopic (exact) mass is 228 g/mol. The van der Waals surface area contributed by atoms with E-state index in [-0.39, 0.29) is 6.04 Å². The summed E-state index contributed by atoms with van der Waals surface area (Å²) in [6.45, 7) is 0. The summed E-state index contributed by atoms with van der Waals surface area (Å²) in [5, 5.41) is 0. The van der Waals surface area contributed by atoms with Gasteiger partial charge in [0.15, 0.2) is 0 Å². The molecule has 0 aromatic carbocycles. The molecular weight excluding hydrogens is 212 g/mol. The van der Waals surface area contributed by atoms with Crippen LogP contribution in [0.15, 0.2) is 42.9 Å². The Hall–Kier alpha value is -1.94. The maximum absolute atomic E-state index is 6.11. The number of nitrogens with two attached hydrogens (primary N) is 2. The number of aromatic nitrogens is 2. The Kier molecular flexibility index (Phi) is 3.67. The van der Waals surface area contributed by atoms with Crippen LogP contribution in [0, 0.1) is 0 Å². The largest absolute Gasteiger partial charge is 0.384 e. The average molecular weight is 228 g/mol. The Morgan fingerprint density at radius 3 is 2.35 bits per heavy atom. The van der Waals surface area contributed by atoms with Gasteiger partial charge in [0, 0.05) is 24.6 Å². The number of nitrogens with zero attached hydrogens (tertiary/aromatic N) is 2. The van der Waals surface area contributed by atoms with E-state index in [2.05, 4.69) is 9.97 Å². The predicted molar refractivity (Wildman–Crippen MR) is 68.3 cm³/mol. The first-order valence-corrected chi connectivity index (χ1v) is 5.59. The van der Waals surface area contributed by atoms with Crippen LogP contribution in [0.4, 0.5) is 5.82 Å². The molecule has 1 atom stereocenters. The van der Waals surface area contributed by atoms with Crippen LogP contribution in [-0.2, 0) is 12.8 Å². The Labute approximate surface area is 101 Å². The number of pyridine rings is 2. The van der Waals surface area contributed by atoms with Gasteiger partial charge in [-0.05, 0) is 48.2 Å². The van der Waals surface area contributed by atoms with Crippen LogP contribution in [0.1, 0.15) is 11.1 Å². The van der Waals surface area contributed by atoms with Crippen molar-refractivity contribution in [3.8, 4) is 0 Å². The molecule has 17 heavy (non-hydrogen) atoms. The zero-order valence-electron chi connectivity index (χ0n) is 9.58. The lowest BCUT2D eigenvalue weighted by Crippen LogP contribution is -2.25. The van der Waals surface area contributed by atoms with Gasteiger partial charge in [-0.2, -0.15) is 0 Å². The smallest absolute Gasteiger partial charge is 0.123 e. The quantitative estimate of drug-likeness (QED) is 0.823. The standard InChI is InChI=1S/C13H16N4/c14-12(7-10-1-4-16-5-2-10)8-11-3-6-17-13(15)9-11/h1-6,9,12H,7-8,14H2,(H2,15,17). The Balaban J connectivity index is 1.96. The molecule has 0 radical (unpaired) electrons. The predicted octanol–water partition coefficient (Wildman–Crippen LogP) is 1.17. The second kappa shape index (κ2) is 5.41. The highest BCUT2D eigenvalue weighted by Crippen LogP contribution is 2.08. The maximum atomic E-state index is 6.11. The first-order chi connectivity index (χ1) is 8.24. The second-order valence-corrected chi connectivity index (χ2v) is 4.11. The summed E-state index contributed by atoms with van der Waals surface area (Å²) in [5.41, 5.74) is 14.1. The van der Waals surface area contributed by atoms with Crippen LogP contribution in [0.2, 0.25) is 0 Å². The van der Waals surface area contributed by atoms with E-state index in [1.807, 2.05) is 24.3 Å². The van der Waals surface area contributed by atoms with Gasteiger partial charge in [-0.25, -0.2) is 4.98 Å². The zero-order chi connectivity index (χ0) is 12.1. The Morgan fingerprint density at radius 1 is 1.00 bits per heavy atom. The minimum absolute atomic E-state index is 0.0826. The fourth-order valence-corrected chi connectivity index (χ4v) is 1.82. The first kappa shape index (κ1) is 11.5. The molecule has 0 saturated carbocycles. The van der Waals surface area contributed by atoms with E-state index in [9.17, 15) is 0 Å². The topological polar surface area (TPSA) is 77.8 Å². The van der Waals surface area contributed by atoms with Gasteiger partial charge in [-0.1, -0.05) is 0 Å². The van der Waals surface area contributed by atoms with E-state index in [0.29, 0.717) is 5.82 Å². The molecule has 2 aromatic rings. The van der Waals surface area contributed by atoms with Crippen LogP contribution in [0.3, 0.4) is 0 Å². The van der Waals surface area contributed by atoms with E-state index in [0.717, 1.165) is 18.4 Å². The van der Waals surface area contributed by atoms with Gasteiger partial charge in [-0.3, -0.25) is 4.98 Å². The van der Waals surface area contributed by atoms with Crippen molar-refractivity contribution in [3.05, 3.63) is 54.0 Å². The summed E-state index contributed by atoms with van der Waals surface area (Å²) in [6.07, 6.45) is 6.92. The molecule has 2 rings (SSSR count). The lowest BCUT2D eigenvalue weighted by molar-refractivity contribution is 0.664. The van der Waals surface area contributed by atoms with Crippen molar-refractivity contribution in [1.82, 2.24) is 9.97 Å². The van der Waals surface area contributed by atoms with E-state index < -0.39 is 0 Å². The molecule has 4 N–H and O–H groups in total.